The largest absolute Gasteiger partial charge is 0.379 e. The lowest BCUT2D eigenvalue weighted by Gasteiger charge is -2.17. The molecule has 17 heavy (non-hydrogen) atoms. The molecule has 0 spiro atoms. The molecule has 1 aromatic heterocycles. The molecule has 1 aliphatic heterocycles. The number of hydrogen-bond donors (Lipinski definition) is 2. The first-order valence-corrected chi connectivity index (χ1v) is 7.03. The monoisotopic (exact) mass is 255 g/mol. The van der Waals surface area contributed by atoms with Crippen LogP contribution in [0.3, 0.4) is 0 Å². The number of ether oxygens (including phenoxy) is 1. The lowest BCUT2D eigenvalue weighted by molar-refractivity contribution is 0.183. The smallest absolute Gasteiger partial charge is 0.109 e. The number of nitrogens with one attached hydrogen (secondary N) is 1. The summed E-state index contributed by atoms with van der Waals surface area (Å²) in [6.07, 6.45) is 3.04. The third kappa shape index (κ3) is 3.25. The Labute approximate surface area is 107 Å². The van der Waals surface area contributed by atoms with Crippen molar-refractivity contribution >= 4 is 11.3 Å². The molecular formula is C12H21N3OS. The van der Waals surface area contributed by atoms with Crippen molar-refractivity contribution in [3.8, 4) is 0 Å². The second-order valence-corrected chi connectivity index (χ2v) is 5.76. The van der Waals surface area contributed by atoms with Crippen molar-refractivity contribution < 1.29 is 4.74 Å². The summed E-state index contributed by atoms with van der Waals surface area (Å²) in [5.41, 5.74) is 5.95. The zero-order valence-corrected chi connectivity index (χ0v) is 11.3. The van der Waals surface area contributed by atoms with Crippen LogP contribution in [0.5, 0.6) is 0 Å². The Balaban J connectivity index is 1.82. The Morgan fingerprint density at radius 3 is 3.06 bits per heavy atom. The number of hydrogen-bond acceptors (Lipinski definition) is 5. The molecule has 0 saturated carbocycles. The molecule has 0 amide bonds. The van der Waals surface area contributed by atoms with Gasteiger partial charge < -0.3 is 15.8 Å². The summed E-state index contributed by atoms with van der Waals surface area (Å²) in [6, 6.07) is 0.477. The van der Waals surface area contributed by atoms with E-state index < -0.39 is 0 Å². The van der Waals surface area contributed by atoms with Gasteiger partial charge in [-0.3, -0.25) is 0 Å². The average molecular weight is 255 g/mol. The van der Waals surface area contributed by atoms with Gasteiger partial charge in [0.2, 0.25) is 0 Å². The maximum Gasteiger partial charge on any atom is 0.109 e. The third-order valence-electron chi connectivity index (χ3n) is 3.22. The first kappa shape index (κ1) is 13.0. The predicted molar refractivity (Wildman–Crippen MR) is 70.2 cm³/mol. The van der Waals surface area contributed by atoms with Crippen molar-refractivity contribution in [1.82, 2.24) is 10.3 Å². The highest BCUT2D eigenvalue weighted by Crippen LogP contribution is 2.21. The summed E-state index contributed by atoms with van der Waals surface area (Å²) < 4.78 is 5.35. The summed E-state index contributed by atoms with van der Waals surface area (Å²) >= 11 is 1.79. The van der Waals surface area contributed by atoms with Gasteiger partial charge in [0.25, 0.3) is 0 Å². The number of nitrogens with zero attached hydrogens (tertiary/aromatic N) is 1. The highest BCUT2D eigenvalue weighted by Gasteiger charge is 2.25. The van der Waals surface area contributed by atoms with E-state index in [1.165, 1.54) is 4.88 Å². The van der Waals surface area contributed by atoms with E-state index in [0.29, 0.717) is 18.6 Å². The normalized spacial score (nSPS) is 26.3. The van der Waals surface area contributed by atoms with Gasteiger partial charge >= 0.3 is 0 Å². The van der Waals surface area contributed by atoms with Crippen LogP contribution < -0.4 is 11.1 Å². The van der Waals surface area contributed by atoms with Crippen molar-refractivity contribution in [3.05, 3.63) is 16.1 Å². The molecule has 1 saturated heterocycles. The fraction of sp³-hybridized carbons (Fsp3) is 0.750. The van der Waals surface area contributed by atoms with Gasteiger partial charge in [-0.05, 0) is 13.3 Å². The standard InChI is InChI=1S/C12H21N3OS/c1-3-10-5-15-12(17-10)8(2)14-4-9-6-16-7-11(9)13/h5,8-9,11,14H,3-4,6-7,13H2,1-2H3. The summed E-state index contributed by atoms with van der Waals surface area (Å²) in [7, 11) is 0. The van der Waals surface area contributed by atoms with Gasteiger partial charge in [0.1, 0.15) is 5.01 Å². The molecule has 0 bridgehead atoms. The van der Waals surface area contributed by atoms with E-state index in [1.54, 1.807) is 11.3 Å². The summed E-state index contributed by atoms with van der Waals surface area (Å²) in [5, 5.41) is 4.66. The van der Waals surface area contributed by atoms with Gasteiger partial charge in [0, 0.05) is 29.6 Å². The molecular weight excluding hydrogens is 234 g/mol. The molecule has 96 valence electrons. The van der Waals surface area contributed by atoms with E-state index >= 15 is 0 Å². The lowest BCUT2D eigenvalue weighted by atomic mass is 10.0. The van der Waals surface area contributed by atoms with Crippen molar-refractivity contribution in [2.75, 3.05) is 19.8 Å². The van der Waals surface area contributed by atoms with Crippen LogP contribution in [0.4, 0.5) is 0 Å². The first-order valence-electron chi connectivity index (χ1n) is 6.22. The van der Waals surface area contributed by atoms with Crippen LogP contribution in [0.25, 0.3) is 0 Å². The van der Waals surface area contributed by atoms with E-state index in [9.17, 15) is 0 Å². The first-order chi connectivity index (χ1) is 8.20. The van der Waals surface area contributed by atoms with E-state index in [0.717, 1.165) is 24.6 Å². The number of aryl methyl sites for hydroxylation is 1. The van der Waals surface area contributed by atoms with E-state index in [1.807, 2.05) is 6.20 Å². The Morgan fingerprint density at radius 2 is 2.47 bits per heavy atom. The highest BCUT2D eigenvalue weighted by atomic mass is 32.1. The average Bonchev–Trinajstić information content (AvgIpc) is 2.94. The van der Waals surface area contributed by atoms with Gasteiger partial charge in [-0.15, -0.1) is 11.3 Å². The quantitative estimate of drug-likeness (QED) is 0.833. The van der Waals surface area contributed by atoms with Crippen LogP contribution in [0.2, 0.25) is 0 Å². The second kappa shape index (κ2) is 5.91. The maximum absolute atomic E-state index is 5.95. The molecule has 2 heterocycles. The second-order valence-electron chi connectivity index (χ2n) is 4.61. The molecule has 0 aliphatic carbocycles. The molecule has 1 aliphatic rings. The summed E-state index contributed by atoms with van der Waals surface area (Å²) in [5.74, 6) is 0.433. The zero-order valence-electron chi connectivity index (χ0n) is 10.5. The van der Waals surface area contributed by atoms with Gasteiger partial charge in [0.05, 0.1) is 19.3 Å². The van der Waals surface area contributed by atoms with Gasteiger partial charge in [-0.1, -0.05) is 6.92 Å². The maximum atomic E-state index is 5.95. The van der Waals surface area contributed by atoms with Gasteiger partial charge in [-0.25, -0.2) is 4.98 Å². The molecule has 3 N–H and O–H groups in total. The van der Waals surface area contributed by atoms with Crippen molar-refractivity contribution in [2.24, 2.45) is 11.7 Å². The molecule has 1 fully saturated rings. The molecule has 3 unspecified atom stereocenters. The number of rotatable bonds is 5. The Kier molecular flexibility index (Phi) is 4.50. The minimum absolute atomic E-state index is 0.178. The van der Waals surface area contributed by atoms with Gasteiger partial charge in [-0.2, -0.15) is 0 Å². The Hall–Kier alpha value is -0.490. The van der Waals surface area contributed by atoms with Crippen molar-refractivity contribution in [2.45, 2.75) is 32.4 Å². The molecule has 3 atom stereocenters. The topological polar surface area (TPSA) is 60.2 Å². The van der Waals surface area contributed by atoms with Crippen LogP contribution in [-0.4, -0.2) is 30.8 Å². The van der Waals surface area contributed by atoms with E-state index in [2.05, 4.69) is 24.1 Å². The zero-order chi connectivity index (χ0) is 12.3. The molecule has 5 heteroatoms. The molecule has 1 aromatic rings. The van der Waals surface area contributed by atoms with Crippen molar-refractivity contribution in [3.63, 3.8) is 0 Å². The fourth-order valence-electron chi connectivity index (χ4n) is 1.93. The molecule has 4 nitrogen and oxygen atoms in total. The number of aromatic nitrogens is 1. The molecule has 0 radical (unpaired) electrons. The van der Waals surface area contributed by atoms with Crippen LogP contribution in [0.15, 0.2) is 6.20 Å². The van der Waals surface area contributed by atoms with E-state index in [-0.39, 0.29) is 6.04 Å². The third-order valence-corrected chi connectivity index (χ3v) is 4.55. The SMILES string of the molecule is CCc1cnc(C(C)NCC2COCC2N)s1. The van der Waals surface area contributed by atoms with Crippen molar-refractivity contribution in [1.29, 1.82) is 0 Å². The van der Waals surface area contributed by atoms with Crippen LogP contribution >= 0.6 is 11.3 Å². The summed E-state index contributed by atoms with van der Waals surface area (Å²) in [4.78, 5) is 5.79. The number of thiazole rings is 1. The van der Waals surface area contributed by atoms with Crippen LogP contribution in [0, 0.1) is 5.92 Å². The minimum Gasteiger partial charge on any atom is -0.379 e. The number of nitrogens with two attached hydrogens (primary N) is 1. The Morgan fingerprint density at radius 1 is 1.65 bits per heavy atom. The van der Waals surface area contributed by atoms with Crippen LogP contribution in [0.1, 0.15) is 29.8 Å². The predicted octanol–water partition coefficient (Wildman–Crippen LogP) is 1.33. The molecule has 0 aromatic carbocycles. The lowest BCUT2D eigenvalue weighted by Crippen LogP contribution is -2.36. The van der Waals surface area contributed by atoms with Gasteiger partial charge in [0.15, 0.2) is 0 Å². The fourth-order valence-corrected chi connectivity index (χ4v) is 2.81. The minimum atomic E-state index is 0.178. The summed E-state index contributed by atoms with van der Waals surface area (Å²) in [6.45, 7) is 6.68. The Bertz CT molecular complexity index is 355. The highest BCUT2D eigenvalue weighted by molar-refractivity contribution is 7.11. The van der Waals surface area contributed by atoms with Crippen LogP contribution in [-0.2, 0) is 11.2 Å². The van der Waals surface area contributed by atoms with E-state index in [4.69, 9.17) is 10.5 Å². The molecule has 2 rings (SSSR count).